The highest BCUT2D eigenvalue weighted by molar-refractivity contribution is 7.92. The Bertz CT molecular complexity index is 1160. The number of nitro groups is 1. The van der Waals surface area contributed by atoms with E-state index < -0.39 is 21.0 Å². The SMILES string of the molecule is COc1ccc(N(C(C)c2cccc(C)c2)S(=O)(=O)c2cccc([N+](=O)[O-])c2)cc1. The van der Waals surface area contributed by atoms with E-state index in [1.165, 1.54) is 29.6 Å². The van der Waals surface area contributed by atoms with Gasteiger partial charge >= 0.3 is 0 Å². The molecule has 0 N–H and O–H groups in total. The summed E-state index contributed by atoms with van der Waals surface area (Å²) in [4.78, 5) is 10.4. The summed E-state index contributed by atoms with van der Waals surface area (Å²) in [6.07, 6.45) is 0. The molecule has 156 valence electrons. The lowest BCUT2D eigenvalue weighted by Crippen LogP contribution is -2.33. The number of benzene rings is 3. The average Bonchev–Trinajstić information content (AvgIpc) is 2.74. The van der Waals surface area contributed by atoms with Crippen molar-refractivity contribution in [1.82, 2.24) is 0 Å². The van der Waals surface area contributed by atoms with E-state index in [1.807, 2.05) is 31.2 Å². The number of hydrogen-bond acceptors (Lipinski definition) is 5. The van der Waals surface area contributed by atoms with Gasteiger partial charge in [-0.05, 0) is 49.7 Å². The van der Waals surface area contributed by atoms with E-state index in [0.717, 1.165) is 17.2 Å². The molecule has 0 aliphatic heterocycles. The summed E-state index contributed by atoms with van der Waals surface area (Å²) in [7, 11) is -2.57. The number of aryl methyl sites for hydroxylation is 1. The summed E-state index contributed by atoms with van der Waals surface area (Å²) < 4.78 is 33.7. The Kier molecular flexibility index (Phi) is 6.07. The van der Waals surface area contributed by atoms with Gasteiger partial charge in [0.25, 0.3) is 15.7 Å². The van der Waals surface area contributed by atoms with Gasteiger partial charge in [-0.25, -0.2) is 8.42 Å². The molecule has 30 heavy (non-hydrogen) atoms. The second-order valence-corrected chi connectivity index (χ2v) is 8.66. The van der Waals surface area contributed by atoms with E-state index >= 15 is 0 Å². The number of nitro benzene ring substituents is 1. The minimum atomic E-state index is -4.10. The Morgan fingerprint density at radius 3 is 2.27 bits per heavy atom. The monoisotopic (exact) mass is 426 g/mol. The lowest BCUT2D eigenvalue weighted by molar-refractivity contribution is -0.385. The third kappa shape index (κ3) is 4.28. The van der Waals surface area contributed by atoms with Crippen molar-refractivity contribution in [1.29, 1.82) is 0 Å². The second-order valence-electron chi connectivity index (χ2n) is 6.84. The van der Waals surface area contributed by atoms with Gasteiger partial charge in [-0.3, -0.25) is 14.4 Å². The Labute approximate surface area is 175 Å². The molecule has 1 atom stereocenters. The molecule has 1 unspecified atom stereocenters. The first-order valence-electron chi connectivity index (χ1n) is 9.23. The van der Waals surface area contributed by atoms with Gasteiger partial charge in [0.15, 0.2) is 0 Å². The van der Waals surface area contributed by atoms with Crippen LogP contribution in [0.15, 0.2) is 77.7 Å². The zero-order chi connectivity index (χ0) is 21.9. The molecule has 0 amide bonds. The molecule has 3 aromatic rings. The maximum atomic E-state index is 13.6. The molecule has 0 heterocycles. The van der Waals surface area contributed by atoms with Crippen molar-refractivity contribution < 1.29 is 18.1 Å². The quantitative estimate of drug-likeness (QED) is 0.397. The minimum Gasteiger partial charge on any atom is -0.497 e. The highest BCUT2D eigenvalue weighted by Gasteiger charge is 2.31. The first-order chi connectivity index (χ1) is 14.2. The van der Waals surface area contributed by atoms with Gasteiger partial charge in [0, 0.05) is 12.1 Å². The minimum absolute atomic E-state index is 0.146. The first-order valence-corrected chi connectivity index (χ1v) is 10.7. The Balaban J connectivity index is 2.17. The molecule has 0 saturated heterocycles. The van der Waals surface area contributed by atoms with Crippen molar-refractivity contribution in [3.05, 3.63) is 94.0 Å². The predicted molar refractivity (Wildman–Crippen MR) is 115 cm³/mol. The van der Waals surface area contributed by atoms with Crippen LogP contribution in [0, 0.1) is 17.0 Å². The molecule has 0 aromatic heterocycles. The third-order valence-electron chi connectivity index (χ3n) is 4.79. The molecule has 0 aliphatic rings. The molecule has 8 heteroatoms. The molecule has 0 bridgehead atoms. The van der Waals surface area contributed by atoms with E-state index in [0.29, 0.717) is 11.4 Å². The maximum Gasteiger partial charge on any atom is 0.270 e. The summed E-state index contributed by atoms with van der Waals surface area (Å²) in [5.41, 5.74) is 1.95. The predicted octanol–water partition coefficient (Wildman–Crippen LogP) is 4.87. The lowest BCUT2D eigenvalue weighted by Gasteiger charge is -2.31. The van der Waals surface area contributed by atoms with Crippen LogP contribution in [0.4, 0.5) is 11.4 Å². The summed E-state index contributed by atoms with van der Waals surface area (Å²) in [5.74, 6) is 0.592. The number of anilines is 1. The number of ether oxygens (including phenoxy) is 1. The summed E-state index contributed by atoms with van der Waals surface area (Å²) in [5, 5.41) is 11.2. The van der Waals surface area contributed by atoms with Crippen molar-refractivity contribution in [2.75, 3.05) is 11.4 Å². The molecule has 0 radical (unpaired) electrons. The van der Waals surface area contributed by atoms with Crippen molar-refractivity contribution in [2.45, 2.75) is 24.8 Å². The van der Waals surface area contributed by atoms with Crippen LogP contribution in [0.5, 0.6) is 5.75 Å². The van der Waals surface area contributed by atoms with E-state index in [2.05, 4.69) is 0 Å². The van der Waals surface area contributed by atoms with Crippen LogP contribution in [0.25, 0.3) is 0 Å². The molecule has 0 aliphatic carbocycles. The largest absolute Gasteiger partial charge is 0.497 e. The maximum absolute atomic E-state index is 13.6. The molecule has 0 saturated carbocycles. The van der Waals surface area contributed by atoms with Crippen molar-refractivity contribution >= 4 is 21.4 Å². The number of non-ortho nitro benzene ring substituents is 1. The van der Waals surface area contributed by atoms with Crippen molar-refractivity contribution in [3.63, 3.8) is 0 Å². The van der Waals surface area contributed by atoms with Crippen LogP contribution in [0.3, 0.4) is 0 Å². The Morgan fingerprint density at radius 2 is 1.67 bits per heavy atom. The topological polar surface area (TPSA) is 89.8 Å². The van der Waals surface area contributed by atoms with Gasteiger partial charge in [-0.15, -0.1) is 0 Å². The Hall–Kier alpha value is -3.39. The highest BCUT2D eigenvalue weighted by Crippen LogP contribution is 2.35. The fourth-order valence-electron chi connectivity index (χ4n) is 3.24. The summed E-state index contributed by atoms with van der Waals surface area (Å²) in [6.45, 7) is 3.72. The number of methoxy groups -OCH3 is 1. The number of hydrogen-bond donors (Lipinski definition) is 0. The smallest absolute Gasteiger partial charge is 0.270 e. The van der Waals surface area contributed by atoms with Crippen molar-refractivity contribution in [2.24, 2.45) is 0 Å². The third-order valence-corrected chi connectivity index (χ3v) is 6.68. The number of sulfonamides is 1. The van der Waals surface area contributed by atoms with Crippen LogP contribution in [0.2, 0.25) is 0 Å². The Morgan fingerprint density at radius 1 is 1.00 bits per heavy atom. The van der Waals surface area contributed by atoms with Gasteiger partial charge in [-0.1, -0.05) is 35.9 Å². The molecular weight excluding hydrogens is 404 g/mol. The van der Waals surface area contributed by atoms with Crippen LogP contribution >= 0.6 is 0 Å². The summed E-state index contributed by atoms with van der Waals surface area (Å²) in [6, 6.07) is 18.8. The zero-order valence-corrected chi connectivity index (χ0v) is 17.7. The van der Waals surface area contributed by atoms with Crippen LogP contribution < -0.4 is 9.04 Å². The van der Waals surface area contributed by atoms with Gasteiger partial charge in [0.1, 0.15) is 5.75 Å². The van der Waals surface area contributed by atoms with E-state index in [9.17, 15) is 18.5 Å². The van der Waals surface area contributed by atoms with Crippen LogP contribution in [-0.2, 0) is 10.0 Å². The first kappa shape index (κ1) is 21.3. The van der Waals surface area contributed by atoms with E-state index in [1.54, 1.807) is 31.2 Å². The number of nitrogens with zero attached hydrogens (tertiary/aromatic N) is 2. The van der Waals surface area contributed by atoms with Gasteiger partial charge in [0.05, 0.1) is 28.7 Å². The summed E-state index contributed by atoms with van der Waals surface area (Å²) >= 11 is 0. The standard InChI is InChI=1S/C22H22N2O5S/c1-16-6-4-7-18(14-16)17(2)23(19-10-12-21(29-3)13-11-19)30(27,28)22-9-5-8-20(15-22)24(25)26/h4-15,17H,1-3H3. The van der Waals surface area contributed by atoms with Gasteiger partial charge in [-0.2, -0.15) is 0 Å². The van der Waals surface area contributed by atoms with Gasteiger partial charge in [0.2, 0.25) is 0 Å². The zero-order valence-electron chi connectivity index (χ0n) is 16.8. The fraction of sp³-hybridized carbons (Fsp3) is 0.182. The van der Waals surface area contributed by atoms with E-state index in [-0.39, 0.29) is 10.6 Å². The average molecular weight is 426 g/mol. The molecular formula is C22H22N2O5S. The molecule has 3 aromatic carbocycles. The van der Waals surface area contributed by atoms with Crippen molar-refractivity contribution in [3.8, 4) is 5.75 Å². The molecule has 7 nitrogen and oxygen atoms in total. The normalized spacial score (nSPS) is 12.2. The highest BCUT2D eigenvalue weighted by atomic mass is 32.2. The van der Waals surface area contributed by atoms with Crippen LogP contribution in [0.1, 0.15) is 24.1 Å². The van der Waals surface area contributed by atoms with Gasteiger partial charge < -0.3 is 4.74 Å². The van der Waals surface area contributed by atoms with E-state index in [4.69, 9.17) is 4.74 Å². The van der Waals surface area contributed by atoms with Crippen LogP contribution in [-0.4, -0.2) is 20.5 Å². The molecule has 0 spiro atoms. The lowest BCUT2D eigenvalue weighted by atomic mass is 10.1. The fourth-order valence-corrected chi connectivity index (χ4v) is 4.92. The molecule has 0 fully saturated rings. The second kappa shape index (κ2) is 8.54. The molecule has 3 rings (SSSR count). The number of rotatable bonds is 7.